The van der Waals surface area contributed by atoms with Crippen LogP contribution in [0.5, 0.6) is 5.75 Å². The second-order valence-electron chi connectivity index (χ2n) is 8.58. The van der Waals surface area contributed by atoms with Crippen molar-refractivity contribution in [3.05, 3.63) is 77.9 Å². The number of sulfonamides is 1. The second kappa shape index (κ2) is 10.6. The Kier molecular flexibility index (Phi) is 8.02. The highest BCUT2D eigenvalue weighted by molar-refractivity contribution is 7.91. The van der Waals surface area contributed by atoms with Gasteiger partial charge in [0.15, 0.2) is 9.84 Å². The quantitative estimate of drug-likeness (QED) is 0.451. The molecule has 0 unspecified atom stereocenters. The molecule has 1 amide bonds. The molecule has 0 bridgehead atoms. The van der Waals surface area contributed by atoms with Gasteiger partial charge < -0.3 is 4.74 Å². The fourth-order valence-corrected chi connectivity index (χ4v) is 5.28. The third-order valence-corrected chi connectivity index (χ3v) is 7.74. The lowest BCUT2D eigenvalue weighted by Gasteiger charge is -2.16. The van der Waals surface area contributed by atoms with Crippen LogP contribution in [0.4, 0.5) is 0 Å². The third kappa shape index (κ3) is 6.49. The summed E-state index contributed by atoms with van der Waals surface area (Å²) in [5.41, 5.74) is 2.71. The summed E-state index contributed by atoms with van der Waals surface area (Å²) in [5.74, 6) is 0.194. The van der Waals surface area contributed by atoms with Crippen LogP contribution in [-0.4, -0.2) is 35.6 Å². The molecule has 0 saturated carbocycles. The molecule has 0 atom stereocenters. The Balaban J connectivity index is 1.95. The molecule has 0 aromatic heterocycles. The van der Waals surface area contributed by atoms with E-state index in [1.807, 2.05) is 51.1 Å². The van der Waals surface area contributed by atoms with Crippen LogP contribution in [0.25, 0.3) is 11.1 Å². The molecule has 0 heterocycles. The van der Waals surface area contributed by atoms with E-state index in [0.29, 0.717) is 18.6 Å². The molecule has 0 radical (unpaired) electrons. The first-order valence-electron chi connectivity index (χ1n) is 11.1. The van der Waals surface area contributed by atoms with Crippen LogP contribution in [-0.2, 0) is 26.3 Å². The highest BCUT2D eigenvalue weighted by atomic mass is 32.2. The van der Waals surface area contributed by atoms with Crippen LogP contribution in [0.1, 0.15) is 36.7 Å². The van der Waals surface area contributed by atoms with E-state index < -0.39 is 25.8 Å². The number of sulfone groups is 1. The number of hydrogen-bond acceptors (Lipinski definition) is 6. The molecule has 35 heavy (non-hydrogen) atoms. The zero-order valence-electron chi connectivity index (χ0n) is 20.1. The van der Waals surface area contributed by atoms with Crippen LogP contribution >= 0.6 is 0 Å². The minimum Gasteiger partial charge on any atom is -0.493 e. The number of benzene rings is 3. The van der Waals surface area contributed by atoms with E-state index in [2.05, 4.69) is 4.72 Å². The van der Waals surface area contributed by atoms with Gasteiger partial charge in [0.2, 0.25) is 0 Å². The number of hydrogen-bond donors (Lipinski definition) is 1. The number of amides is 1. The first-order valence-corrected chi connectivity index (χ1v) is 14.5. The van der Waals surface area contributed by atoms with Gasteiger partial charge in [-0.3, -0.25) is 4.79 Å². The van der Waals surface area contributed by atoms with Crippen molar-refractivity contribution >= 4 is 25.8 Å². The topological polar surface area (TPSA) is 107 Å². The van der Waals surface area contributed by atoms with Crippen molar-refractivity contribution in [2.75, 3.05) is 12.9 Å². The molecule has 9 heteroatoms. The summed E-state index contributed by atoms with van der Waals surface area (Å²) >= 11 is 0. The Labute approximate surface area is 207 Å². The first kappa shape index (κ1) is 26.4. The van der Waals surface area contributed by atoms with Crippen LogP contribution < -0.4 is 9.46 Å². The van der Waals surface area contributed by atoms with Crippen molar-refractivity contribution in [2.45, 2.75) is 37.0 Å². The van der Waals surface area contributed by atoms with Gasteiger partial charge in [-0.2, -0.15) is 0 Å². The maximum absolute atomic E-state index is 13.1. The summed E-state index contributed by atoms with van der Waals surface area (Å²) < 4.78 is 56.8. The largest absolute Gasteiger partial charge is 0.493 e. The number of carbonyl (C=O) groups is 1. The summed E-state index contributed by atoms with van der Waals surface area (Å²) in [6, 6.07) is 17.6. The number of para-hydroxylation sites is 1. The van der Waals surface area contributed by atoms with E-state index >= 15 is 0 Å². The lowest BCUT2D eigenvalue weighted by Crippen LogP contribution is -2.31. The number of nitrogens with one attached hydrogen (secondary N) is 1. The van der Waals surface area contributed by atoms with Crippen molar-refractivity contribution in [3.63, 3.8) is 0 Å². The number of carbonyl (C=O) groups excluding carboxylic acids is 1. The van der Waals surface area contributed by atoms with E-state index in [4.69, 9.17) is 4.74 Å². The molecule has 0 aliphatic carbocycles. The predicted octanol–water partition coefficient (Wildman–Crippen LogP) is 4.47. The van der Waals surface area contributed by atoms with Crippen molar-refractivity contribution in [1.82, 2.24) is 4.72 Å². The van der Waals surface area contributed by atoms with Gasteiger partial charge >= 0.3 is 0 Å². The molecule has 0 fully saturated rings. The molecular formula is C26H29NO6S2. The molecule has 0 aliphatic rings. The predicted molar refractivity (Wildman–Crippen MR) is 136 cm³/mol. The third-order valence-electron chi connectivity index (χ3n) is 5.27. The van der Waals surface area contributed by atoms with Gasteiger partial charge in [-0.1, -0.05) is 44.2 Å². The van der Waals surface area contributed by atoms with E-state index in [1.54, 1.807) is 12.1 Å². The smallest absolute Gasteiger partial charge is 0.265 e. The van der Waals surface area contributed by atoms with Gasteiger partial charge in [-0.05, 0) is 66.8 Å². The summed E-state index contributed by atoms with van der Waals surface area (Å²) in [6.07, 6.45) is 1.60. The van der Waals surface area contributed by atoms with Crippen LogP contribution in [0.15, 0.2) is 76.5 Å². The standard InChI is InChI=1S/C26H29NO6S2/c1-5-33-25-9-7-6-8-23(25)19-10-15-24(20(17-19)16-18(2)3)26(28)27-35(31,32)22-13-11-21(12-14-22)34(4,29)30/h6-15,17-18H,5,16H2,1-4H3,(H,27,28). The maximum Gasteiger partial charge on any atom is 0.265 e. The molecule has 0 saturated heterocycles. The minimum atomic E-state index is -4.21. The van der Waals surface area contributed by atoms with Crippen molar-refractivity contribution in [2.24, 2.45) is 5.92 Å². The second-order valence-corrected chi connectivity index (χ2v) is 12.3. The zero-order valence-corrected chi connectivity index (χ0v) is 21.7. The molecule has 186 valence electrons. The van der Waals surface area contributed by atoms with Crippen LogP contribution in [0.3, 0.4) is 0 Å². The molecular weight excluding hydrogens is 486 g/mol. The molecule has 0 spiro atoms. The van der Waals surface area contributed by atoms with Gasteiger partial charge in [0.1, 0.15) is 5.75 Å². The number of ether oxygens (including phenoxy) is 1. The Morgan fingerprint density at radius 1 is 0.914 bits per heavy atom. The van der Waals surface area contributed by atoms with Crippen molar-refractivity contribution in [1.29, 1.82) is 0 Å². The van der Waals surface area contributed by atoms with Crippen LogP contribution in [0, 0.1) is 5.92 Å². The zero-order chi connectivity index (χ0) is 25.8. The SMILES string of the molecule is CCOc1ccccc1-c1ccc(C(=O)NS(=O)(=O)c2ccc(S(C)(=O)=O)cc2)c(CC(C)C)c1. The molecule has 3 aromatic rings. The fourth-order valence-electron chi connectivity index (χ4n) is 3.68. The van der Waals surface area contributed by atoms with Gasteiger partial charge in [0, 0.05) is 17.4 Å². The molecule has 0 aliphatic heterocycles. The lowest BCUT2D eigenvalue weighted by atomic mass is 9.93. The van der Waals surface area contributed by atoms with Crippen LogP contribution in [0.2, 0.25) is 0 Å². The number of rotatable bonds is 9. The minimum absolute atomic E-state index is 0.00933. The maximum atomic E-state index is 13.1. The van der Waals surface area contributed by atoms with Gasteiger partial charge in [0.05, 0.1) is 16.4 Å². The first-order chi connectivity index (χ1) is 16.4. The Hall–Kier alpha value is -3.17. The van der Waals surface area contributed by atoms with Gasteiger partial charge in [0.25, 0.3) is 15.9 Å². The lowest BCUT2D eigenvalue weighted by molar-refractivity contribution is 0.0980. The molecule has 3 rings (SSSR count). The summed E-state index contributed by atoms with van der Waals surface area (Å²) in [4.78, 5) is 12.9. The van der Waals surface area contributed by atoms with E-state index in [0.717, 1.165) is 35.3 Å². The fraction of sp³-hybridized carbons (Fsp3) is 0.269. The van der Waals surface area contributed by atoms with Gasteiger partial charge in [-0.15, -0.1) is 0 Å². The monoisotopic (exact) mass is 515 g/mol. The van der Waals surface area contributed by atoms with E-state index in [-0.39, 0.29) is 21.3 Å². The Morgan fingerprint density at radius 2 is 1.54 bits per heavy atom. The summed E-state index contributed by atoms with van der Waals surface area (Å²) in [5, 5.41) is 0. The van der Waals surface area contributed by atoms with Crippen molar-refractivity contribution in [3.8, 4) is 16.9 Å². The normalized spacial score (nSPS) is 11.9. The Bertz CT molecular complexity index is 1430. The Morgan fingerprint density at radius 3 is 2.14 bits per heavy atom. The molecule has 1 N–H and O–H groups in total. The highest BCUT2D eigenvalue weighted by Crippen LogP contribution is 2.32. The molecule has 7 nitrogen and oxygen atoms in total. The van der Waals surface area contributed by atoms with E-state index in [9.17, 15) is 21.6 Å². The summed E-state index contributed by atoms with van der Waals surface area (Å²) in [6.45, 7) is 6.45. The highest BCUT2D eigenvalue weighted by Gasteiger charge is 2.22. The van der Waals surface area contributed by atoms with Gasteiger partial charge in [-0.25, -0.2) is 21.6 Å². The average molecular weight is 516 g/mol. The van der Waals surface area contributed by atoms with Crippen molar-refractivity contribution < 1.29 is 26.4 Å². The summed E-state index contributed by atoms with van der Waals surface area (Å²) in [7, 11) is -7.68. The average Bonchev–Trinajstić information content (AvgIpc) is 2.78. The van der Waals surface area contributed by atoms with E-state index in [1.165, 1.54) is 12.1 Å². The molecule has 3 aromatic carbocycles.